The molecule has 0 atom stereocenters. The van der Waals surface area contributed by atoms with Gasteiger partial charge in [0, 0.05) is 16.7 Å². The normalized spacial score (nSPS) is 9.92. The number of para-hydroxylation sites is 1. The van der Waals surface area contributed by atoms with Crippen molar-refractivity contribution in [3.63, 3.8) is 0 Å². The van der Waals surface area contributed by atoms with Crippen molar-refractivity contribution in [1.82, 2.24) is 0 Å². The first-order valence-corrected chi connectivity index (χ1v) is 7.34. The van der Waals surface area contributed by atoms with Crippen LogP contribution in [0.1, 0.15) is 13.8 Å². The lowest BCUT2D eigenvalue weighted by Gasteiger charge is -2.15. The van der Waals surface area contributed by atoms with Crippen LogP contribution in [-0.2, 0) is 9.59 Å². The number of hydrogen-bond donors (Lipinski definition) is 0. The minimum atomic E-state index is -0.592. The first-order valence-electron chi connectivity index (χ1n) is 7.34. The molecule has 0 heterocycles. The summed E-state index contributed by atoms with van der Waals surface area (Å²) >= 11 is 0. The van der Waals surface area contributed by atoms with Crippen molar-refractivity contribution < 1.29 is 19.1 Å². The maximum absolute atomic E-state index is 12.0. The molecule has 0 N–H and O–H groups in total. The van der Waals surface area contributed by atoms with E-state index in [-0.39, 0.29) is 22.6 Å². The molecule has 2 rings (SSSR count). The number of ether oxygens (including phenoxy) is 2. The van der Waals surface area contributed by atoms with Crippen molar-refractivity contribution in [2.75, 3.05) is 0 Å². The van der Waals surface area contributed by atoms with E-state index >= 15 is 0 Å². The van der Waals surface area contributed by atoms with Gasteiger partial charge < -0.3 is 9.47 Å². The number of rotatable bonds is 5. The Morgan fingerprint density at radius 1 is 0.792 bits per heavy atom. The van der Waals surface area contributed by atoms with Gasteiger partial charge in [-0.3, -0.25) is 0 Å². The van der Waals surface area contributed by atoms with Crippen LogP contribution in [0.2, 0.25) is 0 Å². The highest BCUT2D eigenvalue weighted by Gasteiger charge is 2.19. The van der Waals surface area contributed by atoms with Crippen molar-refractivity contribution in [2.45, 2.75) is 13.8 Å². The maximum Gasteiger partial charge on any atom is 0.338 e. The number of benzene rings is 2. The molecule has 4 heteroatoms. The van der Waals surface area contributed by atoms with E-state index in [1.54, 1.807) is 32.0 Å². The summed E-state index contributed by atoms with van der Waals surface area (Å²) < 4.78 is 10.7. The second kappa shape index (κ2) is 7.42. The van der Waals surface area contributed by atoms with Crippen molar-refractivity contribution in [3.05, 3.63) is 72.8 Å². The van der Waals surface area contributed by atoms with Crippen molar-refractivity contribution in [3.8, 4) is 22.6 Å². The van der Waals surface area contributed by atoms with Crippen molar-refractivity contribution >= 4 is 11.9 Å². The Morgan fingerprint density at radius 2 is 1.38 bits per heavy atom. The Labute approximate surface area is 141 Å². The topological polar surface area (TPSA) is 52.6 Å². The molecule has 0 saturated carbocycles. The molecular weight excluding hydrogens is 304 g/mol. The first kappa shape index (κ1) is 17.2. The molecule has 0 amide bonds. The fourth-order valence-electron chi connectivity index (χ4n) is 1.91. The summed E-state index contributed by atoms with van der Waals surface area (Å²) in [6.07, 6.45) is 0. The lowest BCUT2D eigenvalue weighted by molar-refractivity contribution is -0.132. The van der Waals surface area contributed by atoms with Crippen LogP contribution in [0.15, 0.2) is 72.8 Å². The predicted octanol–water partition coefficient (Wildman–Crippen LogP) is 4.32. The largest absolute Gasteiger partial charge is 0.419 e. The van der Waals surface area contributed by atoms with E-state index in [2.05, 4.69) is 13.2 Å². The number of carbonyl (C=O) groups is 2. The van der Waals surface area contributed by atoms with Gasteiger partial charge in [-0.15, -0.1) is 0 Å². The van der Waals surface area contributed by atoms with Crippen molar-refractivity contribution in [2.24, 2.45) is 0 Å². The molecule has 0 unspecified atom stereocenters. The van der Waals surface area contributed by atoms with Crippen molar-refractivity contribution in [1.29, 1.82) is 0 Å². The molecule has 0 saturated heterocycles. The number of carbonyl (C=O) groups excluding carboxylic acids is 2. The van der Waals surface area contributed by atoms with E-state index < -0.39 is 11.9 Å². The lowest BCUT2D eigenvalue weighted by atomic mass is 10.0. The molecule has 122 valence electrons. The van der Waals surface area contributed by atoms with Gasteiger partial charge in [-0.1, -0.05) is 55.6 Å². The molecule has 2 aromatic rings. The van der Waals surface area contributed by atoms with E-state index in [1.807, 2.05) is 30.3 Å². The second-order valence-corrected chi connectivity index (χ2v) is 5.34. The van der Waals surface area contributed by atoms with Crippen LogP contribution in [0.4, 0.5) is 0 Å². The molecule has 0 aromatic heterocycles. The Morgan fingerprint density at radius 3 is 1.96 bits per heavy atom. The zero-order chi connectivity index (χ0) is 17.7. The van der Waals surface area contributed by atoms with Crippen LogP contribution in [-0.4, -0.2) is 11.9 Å². The summed E-state index contributed by atoms with van der Waals surface area (Å²) in [6.45, 7) is 10.2. The molecule has 0 bridgehead atoms. The minimum Gasteiger partial charge on any atom is -0.419 e. The zero-order valence-corrected chi connectivity index (χ0v) is 13.7. The second-order valence-electron chi connectivity index (χ2n) is 5.34. The summed E-state index contributed by atoms with van der Waals surface area (Å²) in [5, 5.41) is 0. The summed E-state index contributed by atoms with van der Waals surface area (Å²) in [5.74, 6) is -0.857. The van der Waals surface area contributed by atoms with E-state index in [4.69, 9.17) is 9.47 Å². The average molecular weight is 322 g/mol. The van der Waals surface area contributed by atoms with E-state index in [1.165, 1.54) is 0 Å². The van der Waals surface area contributed by atoms with Gasteiger partial charge >= 0.3 is 11.9 Å². The monoisotopic (exact) mass is 322 g/mol. The third kappa shape index (κ3) is 3.98. The predicted molar refractivity (Wildman–Crippen MR) is 92.8 cm³/mol. The van der Waals surface area contributed by atoms with Gasteiger partial charge in [0.15, 0.2) is 11.5 Å². The SMILES string of the molecule is C=C(C)C(=O)Oc1cccc(-c2ccccc2)c1OC(=O)C(=C)C. The summed E-state index contributed by atoms with van der Waals surface area (Å²) in [6, 6.07) is 14.4. The highest BCUT2D eigenvalue weighted by atomic mass is 16.6. The highest BCUT2D eigenvalue weighted by molar-refractivity contribution is 5.93. The third-order valence-electron chi connectivity index (χ3n) is 3.16. The number of esters is 2. The Kier molecular flexibility index (Phi) is 5.32. The van der Waals surface area contributed by atoms with Gasteiger partial charge in [0.2, 0.25) is 0 Å². The molecule has 0 spiro atoms. The smallest absolute Gasteiger partial charge is 0.338 e. The van der Waals surface area contributed by atoms with Gasteiger partial charge in [-0.2, -0.15) is 0 Å². The fraction of sp³-hybridized carbons (Fsp3) is 0.100. The number of hydrogen-bond acceptors (Lipinski definition) is 4. The highest BCUT2D eigenvalue weighted by Crippen LogP contribution is 2.38. The molecule has 0 aliphatic rings. The summed E-state index contributed by atoms with van der Waals surface area (Å²) in [5.41, 5.74) is 1.96. The van der Waals surface area contributed by atoms with Gasteiger partial charge in [0.1, 0.15) is 0 Å². The minimum absolute atomic E-state index is 0.152. The van der Waals surface area contributed by atoms with Crippen LogP contribution in [0, 0.1) is 0 Å². The lowest BCUT2D eigenvalue weighted by Crippen LogP contribution is -2.13. The molecule has 0 radical (unpaired) electrons. The fourth-order valence-corrected chi connectivity index (χ4v) is 1.91. The molecular formula is C20H18O4. The van der Waals surface area contributed by atoms with E-state index in [0.29, 0.717) is 5.56 Å². The molecule has 0 aliphatic carbocycles. The van der Waals surface area contributed by atoms with Crippen LogP contribution in [0.5, 0.6) is 11.5 Å². The van der Waals surface area contributed by atoms with Crippen LogP contribution >= 0.6 is 0 Å². The Balaban J connectivity index is 2.54. The van der Waals surface area contributed by atoms with Crippen LogP contribution in [0.3, 0.4) is 0 Å². The zero-order valence-electron chi connectivity index (χ0n) is 13.7. The van der Waals surface area contributed by atoms with Gasteiger partial charge in [0.25, 0.3) is 0 Å². The average Bonchev–Trinajstić information content (AvgIpc) is 2.56. The third-order valence-corrected chi connectivity index (χ3v) is 3.16. The van der Waals surface area contributed by atoms with Crippen LogP contribution < -0.4 is 9.47 Å². The van der Waals surface area contributed by atoms with E-state index in [9.17, 15) is 9.59 Å². The Hall–Kier alpha value is -3.14. The first-order chi connectivity index (χ1) is 11.4. The maximum atomic E-state index is 12.0. The van der Waals surface area contributed by atoms with Crippen LogP contribution in [0.25, 0.3) is 11.1 Å². The molecule has 0 aliphatic heterocycles. The molecule has 2 aromatic carbocycles. The Bertz CT molecular complexity index is 804. The standard InChI is InChI=1S/C20H18O4/c1-13(2)19(21)23-17-12-8-11-16(15-9-6-5-7-10-15)18(17)24-20(22)14(3)4/h5-12H,1,3H2,2,4H3. The van der Waals surface area contributed by atoms with Gasteiger partial charge in [0.05, 0.1) is 0 Å². The molecule has 24 heavy (non-hydrogen) atoms. The molecule has 4 nitrogen and oxygen atoms in total. The summed E-state index contributed by atoms with van der Waals surface area (Å²) in [4.78, 5) is 23.8. The summed E-state index contributed by atoms with van der Waals surface area (Å²) in [7, 11) is 0. The van der Waals surface area contributed by atoms with Gasteiger partial charge in [-0.25, -0.2) is 9.59 Å². The quantitative estimate of drug-likeness (QED) is 0.467. The van der Waals surface area contributed by atoms with E-state index in [0.717, 1.165) is 5.56 Å². The molecule has 0 fully saturated rings. The van der Waals surface area contributed by atoms with Gasteiger partial charge in [-0.05, 0) is 25.5 Å².